The topological polar surface area (TPSA) is 6.25 Å². The Morgan fingerprint density at radius 2 is 1.20 bits per heavy atom. The molecule has 2 aliphatic heterocycles. The van der Waals surface area contributed by atoms with Crippen molar-refractivity contribution in [2.75, 3.05) is 19.0 Å². The van der Waals surface area contributed by atoms with Crippen LogP contribution in [0, 0.1) is 0 Å². The van der Waals surface area contributed by atoms with Crippen LogP contribution < -0.4 is 4.90 Å². The first-order valence-corrected chi connectivity index (χ1v) is 15.2. The Hall–Kier alpha value is -3.91. The van der Waals surface area contributed by atoms with E-state index >= 15 is 0 Å². The number of rotatable bonds is 3. The molecule has 0 bridgehead atoms. The molecule has 2 aliphatic rings. The van der Waals surface area contributed by atoms with Crippen LogP contribution in [0.2, 0.25) is 0 Å². The number of allylic oxidation sites excluding steroid dienone is 6. The lowest BCUT2D eigenvalue weighted by Gasteiger charge is -2.24. The summed E-state index contributed by atoms with van der Waals surface area (Å²) in [6.07, 6.45) is 11.1. The molecule has 4 aromatic rings. The molecule has 0 spiro atoms. The summed E-state index contributed by atoms with van der Waals surface area (Å²) in [5.41, 5.74) is 7.93. The van der Waals surface area contributed by atoms with Gasteiger partial charge in [0.05, 0.1) is 5.41 Å². The summed E-state index contributed by atoms with van der Waals surface area (Å²) >= 11 is 0. The lowest BCUT2D eigenvalue weighted by atomic mass is 9.79. The van der Waals surface area contributed by atoms with E-state index in [-0.39, 0.29) is 10.8 Å². The van der Waals surface area contributed by atoms with Gasteiger partial charge in [-0.3, -0.25) is 0 Å². The lowest BCUT2D eigenvalue weighted by Crippen LogP contribution is -2.26. The molecule has 0 unspecified atom stereocenters. The van der Waals surface area contributed by atoms with Crippen molar-refractivity contribution in [2.24, 2.45) is 0 Å². The van der Waals surface area contributed by atoms with Gasteiger partial charge in [0.2, 0.25) is 5.69 Å². The van der Waals surface area contributed by atoms with Crippen LogP contribution in [0.4, 0.5) is 11.4 Å². The minimum absolute atomic E-state index is 0.0654. The van der Waals surface area contributed by atoms with E-state index in [1.54, 1.807) is 0 Å². The summed E-state index contributed by atoms with van der Waals surface area (Å²) in [4.78, 5) is 2.35. The molecule has 41 heavy (non-hydrogen) atoms. The summed E-state index contributed by atoms with van der Waals surface area (Å²) in [6, 6.07) is 26.4. The highest BCUT2D eigenvalue weighted by Crippen LogP contribution is 2.50. The van der Waals surface area contributed by atoms with Crippen molar-refractivity contribution in [1.29, 1.82) is 0 Å². The Labute approximate surface area is 248 Å². The molecule has 0 aromatic heterocycles. The van der Waals surface area contributed by atoms with Crippen LogP contribution in [-0.4, -0.2) is 24.4 Å². The maximum absolute atomic E-state index is 2.35. The van der Waals surface area contributed by atoms with Crippen LogP contribution in [0.1, 0.15) is 66.5 Å². The molecule has 0 atom stereocenters. The van der Waals surface area contributed by atoms with Crippen LogP contribution in [-0.2, 0) is 10.8 Å². The summed E-state index contributed by atoms with van der Waals surface area (Å²) in [5, 5.41) is 5.30. The average Bonchev–Trinajstić information content (AvgIpc) is 3.32. The zero-order valence-corrected chi connectivity index (χ0v) is 26.7. The molecule has 0 aliphatic carbocycles. The molecule has 4 aromatic carbocycles. The highest BCUT2D eigenvalue weighted by Gasteiger charge is 2.44. The van der Waals surface area contributed by atoms with Crippen LogP contribution in [0.15, 0.2) is 109 Å². The average molecular weight is 544 g/mol. The van der Waals surface area contributed by atoms with Gasteiger partial charge in [0, 0.05) is 41.6 Å². The second-order valence-corrected chi connectivity index (χ2v) is 11.4. The van der Waals surface area contributed by atoms with Gasteiger partial charge in [-0.2, -0.15) is 4.58 Å². The van der Waals surface area contributed by atoms with E-state index in [0.29, 0.717) is 0 Å². The number of hydrogen-bond acceptors (Lipinski definition) is 1. The molecule has 2 heterocycles. The number of nitrogens with zero attached hydrogens (tertiary/aromatic N) is 2. The van der Waals surface area contributed by atoms with E-state index in [4.69, 9.17) is 0 Å². The maximum Gasteiger partial charge on any atom is 0.210 e. The van der Waals surface area contributed by atoms with Gasteiger partial charge in [-0.25, -0.2) is 0 Å². The van der Waals surface area contributed by atoms with Gasteiger partial charge in [0.15, 0.2) is 5.71 Å². The maximum atomic E-state index is 2.35. The van der Waals surface area contributed by atoms with Gasteiger partial charge < -0.3 is 4.90 Å². The van der Waals surface area contributed by atoms with Crippen molar-refractivity contribution in [1.82, 2.24) is 0 Å². The highest BCUT2D eigenvalue weighted by atomic mass is 15.2. The van der Waals surface area contributed by atoms with Gasteiger partial charge in [-0.05, 0) is 59.2 Å². The predicted octanol–water partition coefficient (Wildman–Crippen LogP) is 10.5. The third-order valence-corrected chi connectivity index (χ3v) is 8.52. The zero-order valence-electron chi connectivity index (χ0n) is 26.7. The largest absolute Gasteiger partial charge is 0.347 e. The van der Waals surface area contributed by atoms with Gasteiger partial charge >= 0.3 is 0 Å². The molecule has 0 saturated carbocycles. The van der Waals surface area contributed by atoms with Crippen molar-refractivity contribution in [3.05, 3.63) is 120 Å². The Morgan fingerprint density at radius 1 is 0.634 bits per heavy atom. The van der Waals surface area contributed by atoms with Crippen molar-refractivity contribution in [2.45, 2.75) is 66.2 Å². The quantitative estimate of drug-likeness (QED) is 0.184. The molecular weight excluding hydrogens is 496 g/mol. The molecule has 6 rings (SSSR count). The van der Waals surface area contributed by atoms with Gasteiger partial charge in [-0.1, -0.05) is 114 Å². The summed E-state index contributed by atoms with van der Waals surface area (Å²) in [5.74, 6) is 0. The molecule has 0 fully saturated rings. The van der Waals surface area contributed by atoms with E-state index in [0.717, 1.165) is 0 Å². The molecule has 0 radical (unpaired) electrons. The standard InChI is InChI=1S/C35H35N2.2C2H6/c1-34(2)30(36(5)28-22-20-24-14-10-12-16-26(24)32(28)34)18-8-7-9-19-31-35(3,4)33-27-17-13-11-15-25(27)21-23-29(33)37(31)6;2*1-2/h7-23H,1-6H3;2*1-2H3/q+1;;. The minimum Gasteiger partial charge on any atom is -0.347 e. The molecule has 0 amide bonds. The van der Waals surface area contributed by atoms with Crippen molar-refractivity contribution in [3.63, 3.8) is 0 Å². The van der Waals surface area contributed by atoms with E-state index in [2.05, 4.69) is 154 Å². The van der Waals surface area contributed by atoms with Crippen LogP contribution in [0.25, 0.3) is 21.5 Å². The van der Waals surface area contributed by atoms with Crippen molar-refractivity contribution in [3.8, 4) is 0 Å². The Bertz CT molecular complexity index is 1690. The van der Waals surface area contributed by atoms with Crippen molar-refractivity contribution < 1.29 is 4.58 Å². The molecule has 212 valence electrons. The van der Waals surface area contributed by atoms with E-state index in [9.17, 15) is 0 Å². The molecule has 2 nitrogen and oxygen atoms in total. The number of hydrogen-bond donors (Lipinski definition) is 0. The second-order valence-electron chi connectivity index (χ2n) is 11.4. The molecule has 2 heteroatoms. The fourth-order valence-electron chi connectivity index (χ4n) is 6.74. The third kappa shape index (κ3) is 4.95. The van der Waals surface area contributed by atoms with E-state index in [1.165, 1.54) is 55.5 Å². The smallest absolute Gasteiger partial charge is 0.210 e. The predicted molar refractivity (Wildman–Crippen MR) is 182 cm³/mol. The highest BCUT2D eigenvalue weighted by molar-refractivity contribution is 6.07. The first kappa shape index (κ1) is 30.1. The Kier molecular flexibility index (Phi) is 8.73. The van der Waals surface area contributed by atoms with Gasteiger partial charge in [-0.15, -0.1) is 0 Å². The normalized spacial score (nSPS) is 17.6. The zero-order chi connectivity index (χ0) is 29.9. The monoisotopic (exact) mass is 543 g/mol. The molecule has 0 N–H and O–H groups in total. The number of fused-ring (bicyclic) bond motifs is 6. The minimum atomic E-state index is -0.0654. The molecular formula is C39H47N2+. The summed E-state index contributed by atoms with van der Waals surface area (Å²) in [7, 11) is 4.37. The second kappa shape index (κ2) is 11.9. The lowest BCUT2D eigenvalue weighted by molar-refractivity contribution is -0.401. The van der Waals surface area contributed by atoms with Gasteiger partial charge in [0.25, 0.3) is 0 Å². The van der Waals surface area contributed by atoms with Gasteiger partial charge in [0.1, 0.15) is 7.05 Å². The number of anilines is 1. The third-order valence-electron chi connectivity index (χ3n) is 8.52. The first-order chi connectivity index (χ1) is 19.7. The SMILES string of the molecule is CC.CC.CN1/C(=C/C=C/C=C/C2=[N+](C)c3ccc4ccccc4c3C2(C)C)C(C)(C)c2c1ccc1ccccc21. The number of benzene rings is 4. The van der Waals surface area contributed by atoms with Crippen LogP contribution >= 0.6 is 0 Å². The van der Waals surface area contributed by atoms with Crippen LogP contribution in [0.3, 0.4) is 0 Å². The Balaban J connectivity index is 0.000000929. The van der Waals surface area contributed by atoms with E-state index < -0.39 is 0 Å². The van der Waals surface area contributed by atoms with E-state index in [1.807, 2.05) is 27.7 Å². The molecule has 0 saturated heterocycles. The summed E-state index contributed by atoms with van der Waals surface area (Å²) < 4.78 is 2.35. The number of likely N-dealkylation sites (N-methyl/N-ethyl adjacent to an activating group) is 1. The van der Waals surface area contributed by atoms with Crippen molar-refractivity contribution >= 4 is 38.6 Å². The summed E-state index contributed by atoms with van der Waals surface area (Å²) in [6.45, 7) is 17.4. The fraction of sp³-hybridized carbons (Fsp3) is 0.308. The Morgan fingerprint density at radius 3 is 1.83 bits per heavy atom. The first-order valence-electron chi connectivity index (χ1n) is 15.2. The van der Waals surface area contributed by atoms with Crippen LogP contribution in [0.5, 0.6) is 0 Å². The fourth-order valence-corrected chi connectivity index (χ4v) is 6.74.